The van der Waals surface area contributed by atoms with Crippen molar-refractivity contribution < 1.29 is 29.3 Å². The molecule has 1 aromatic heterocycles. The van der Waals surface area contributed by atoms with Gasteiger partial charge in [-0.05, 0) is 35.7 Å². The van der Waals surface area contributed by atoms with Crippen LogP contribution < -0.4 is 9.47 Å². The zero-order valence-corrected chi connectivity index (χ0v) is 15.1. The van der Waals surface area contributed by atoms with Crippen LogP contribution in [0.25, 0.3) is 11.1 Å². The van der Waals surface area contributed by atoms with E-state index < -0.39 is 19.5 Å². The number of pyridine rings is 1. The molecule has 0 aliphatic rings. The van der Waals surface area contributed by atoms with Gasteiger partial charge in [-0.25, -0.2) is 0 Å². The number of aromatic nitrogens is 1. The number of aliphatic hydroxyl groups excluding tert-OH is 1. The highest BCUT2D eigenvalue weighted by molar-refractivity contribution is 6.32. The van der Waals surface area contributed by atoms with Crippen LogP contribution in [0.3, 0.4) is 0 Å². The quantitative estimate of drug-likeness (QED) is 0.464. The first-order chi connectivity index (χ1) is 12.5. The smallest absolute Gasteiger partial charge is 0.493 e. The zero-order valence-electron chi connectivity index (χ0n) is 15.1. The maximum Gasteiger partial charge on any atom is 0.635 e. The van der Waals surface area contributed by atoms with Gasteiger partial charge in [0, 0.05) is 23.9 Å². The molecule has 0 aliphatic carbocycles. The highest BCUT2D eigenvalue weighted by Gasteiger charge is 2.23. The van der Waals surface area contributed by atoms with Crippen LogP contribution in [-0.4, -0.2) is 47.5 Å². The molecular weight excluding hydrogens is 337 g/mol. The Labute approximate surface area is 153 Å². The third kappa shape index (κ3) is 5.19. The van der Waals surface area contributed by atoms with Gasteiger partial charge in [0.1, 0.15) is 0 Å². The number of hydrogen-bond acceptors (Lipinski definition) is 7. The summed E-state index contributed by atoms with van der Waals surface area (Å²) in [6, 6.07) is 7.47. The molecule has 0 bridgehead atoms. The second kappa shape index (κ2) is 9.54. The van der Waals surface area contributed by atoms with Crippen LogP contribution in [0.4, 0.5) is 0 Å². The normalized spacial score (nSPS) is 13.2. The summed E-state index contributed by atoms with van der Waals surface area (Å²) in [5, 5.41) is 27.6. The van der Waals surface area contributed by atoms with Crippen LogP contribution in [0.2, 0.25) is 0 Å². The monoisotopic (exact) mass is 361 g/mol. The molecule has 0 amide bonds. The predicted octanol–water partition coefficient (Wildman–Crippen LogP) is 1.95. The molecule has 0 aliphatic heterocycles. The molecule has 7 nitrogen and oxygen atoms in total. The van der Waals surface area contributed by atoms with Crippen LogP contribution in [0.15, 0.2) is 36.7 Å². The maximum absolute atomic E-state index is 9.91. The van der Waals surface area contributed by atoms with Gasteiger partial charge in [0.05, 0.1) is 13.7 Å². The second-order valence-electron chi connectivity index (χ2n) is 5.86. The number of methoxy groups -OCH3 is 1. The summed E-state index contributed by atoms with van der Waals surface area (Å²) in [5.41, 5.74) is 2.41. The Morgan fingerprint density at radius 1 is 1.12 bits per heavy atom. The molecule has 2 rings (SSSR count). The van der Waals surface area contributed by atoms with Crippen molar-refractivity contribution >= 4 is 7.32 Å². The van der Waals surface area contributed by atoms with E-state index in [0.29, 0.717) is 23.7 Å². The fourth-order valence-electron chi connectivity index (χ4n) is 2.45. The summed E-state index contributed by atoms with van der Waals surface area (Å²) >= 11 is 0. The van der Waals surface area contributed by atoms with Crippen LogP contribution >= 0.6 is 0 Å². The van der Waals surface area contributed by atoms with Gasteiger partial charge >= 0.3 is 7.32 Å². The SMILES string of the molecule is CCCOc1cc(-c2cncc([C@H](C)C(O)OB(O)O)c2)ccc1OC. The van der Waals surface area contributed by atoms with Crippen molar-refractivity contribution in [2.45, 2.75) is 32.5 Å². The Balaban J connectivity index is 2.29. The van der Waals surface area contributed by atoms with Gasteiger partial charge in [-0.15, -0.1) is 0 Å². The molecule has 140 valence electrons. The molecule has 0 saturated heterocycles. The highest BCUT2D eigenvalue weighted by atomic mass is 16.7. The number of ether oxygens (including phenoxy) is 2. The Morgan fingerprint density at radius 3 is 2.54 bits per heavy atom. The van der Waals surface area contributed by atoms with E-state index in [4.69, 9.17) is 19.5 Å². The first-order valence-electron chi connectivity index (χ1n) is 8.42. The summed E-state index contributed by atoms with van der Waals surface area (Å²) in [6.45, 7) is 4.32. The molecule has 1 unspecified atom stereocenters. The van der Waals surface area contributed by atoms with Crippen molar-refractivity contribution in [2.24, 2.45) is 0 Å². The summed E-state index contributed by atoms with van der Waals surface area (Å²) in [6.07, 6.45) is 2.82. The van der Waals surface area contributed by atoms with Crippen molar-refractivity contribution in [1.82, 2.24) is 4.98 Å². The topological polar surface area (TPSA) is 101 Å². The van der Waals surface area contributed by atoms with Crippen LogP contribution in [0.5, 0.6) is 11.5 Å². The average molecular weight is 361 g/mol. The number of nitrogens with zero attached hydrogens (tertiary/aromatic N) is 1. The standard InChI is InChI=1S/C18H24BNO6/c1-4-7-25-17-9-13(5-6-16(17)24-3)15-8-14(10-20-11-15)12(2)18(21)26-19(22)23/h5-6,8-12,18,21-23H,4,7H2,1-3H3/t12-,18?/m0/s1. The molecule has 1 heterocycles. The molecular formula is C18H24BNO6. The van der Waals surface area contributed by atoms with Crippen LogP contribution in [0.1, 0.15) is 31.7 Å². The first-order valence-corrected chi connectivity index (χ1v) is 8.42. The van der Waals surface area contributed by atoms with E-state index in [1.165, 1.54) is 0 Å². The van der Waals surface area contributed by atoms with Crippen molar-refractivity contribution in [1.29, 1.82) is 0 Å². The fourth-order valence-corrected chi connectivity index (χ4v) is 2.45. The summed E-state index contributed by atoms with van der Waals surface area (Å²) in [5.74, 6) is 0.802. The lowest BCUT2D eigenvalue weighted by Crippen LogP contribution is -2.29. The molecule has 8 heteroatoms. The lowest BCUT2D eigenvalue weighted by molar-refractivity contribution is -0.0622. The molecule has 2 aromatic rings. The minimum absolute atomic E-state index is 0.502. The Morgan fingerprint density at radius 2 is 1.88 bits per heavy atom. The molecule has 26 heavy (non-hydrogen) atoms. The number of rotatable bonds is 9. The zero-order chi connectivity index (χ0) is 19.1. The molecule has 3 N–H and O–H groups in total. The van der Waals surface area contributed by atoms with E-state index in [9.17, 15) is 5.11 Å². The van der Waals surface area contributed by atoms with E-state index in [1.807, 2.05) is 31.2 Å². The molecule has 0 saturated carbocycles. The summed E-state index contributed by atoms with van der Waals surface area (Å²) in [4.78, 5) is 4.21. The van der Waals surface area contributed by atoms with Crippen LogP contribution in [-0.2, 0) is 4.65 Å². The van der Waals surface area contributed by atoms with Gasteiger partial charge in [0.15, 0.2) is 17.8 Å². The van der Waals surface area contributed by atoms with Gasteiger partial charge in [0.2, 0.25) is 0 Å². The van der Waals surface area contributed by atoms with Gasteiger partial charge in [-0.1, -0.05) is 19.9 Å². The van der Waals surface area contributed by atoms with E-state index in [0.717, 1.165) is 17.5 Å². The highest BCUT2D eigenvalue weighted by Crippen LogP contribution is 2.33. The lowest BCUT2D eigenvalue weighted by atomic mass is 9.98. The third-order valence-corrected chi connectivity index (χ3v) is 3.93. The van der Waals surface area contributed by atoms with E-state index in [-0.39, 0.29) is 0 Å². The summed E-state index contributed by atoms with van der Waals surface area (Å²) < 4.78 is 15.7. The third-order valence-electron chi connectivity index (χ3n) is 3.93. The molecule has 0 spiro atoms. The fraction of sp³-hybridized carbons (Fsp3) is 0.389. The van der Waals surface area contributed by atoms with Gasteiger partial charge in [0.25, 0.3) is 0 Å². The molecule has 0 fully saturated rings. The Bertz CT molecular complexity index is 712. The van der Waals surface area contributed by atoms with Crippen molar-refractivity contribution in [3.63, 3.8) is 0 Å². The van der Waals surface area contributed by atoms with Crippen molar-refractivity contribution in [3.8, 4) is 22.6 Å². The van der Waals surface area contributed by atoms with Crippen LogP contribution in [0, 0.1) is 0 Å². The first kappa shape index (κ1) is 20.2. The number of hydrogen-bond donors (Lipinski definition) is 3. The predicted molar refractivity (Wildman–Crippen MR) is 97.7 cm³/mol. The van der Waals surface area contributed by atoms with Gasteiger partial charge < -0.3 is 29.3 Å². The minimum atomic E-state index is -2.04. The lowest BCUT2D eigenvalue weighted by Gasteiger charge is -2.20. The largest absolute Gasteiger partial charge is 0.635 e. The van der Waals surface area contributed by atoms with E-state index >= 15 is 0 Å². The Kier molecular flexibility index (Phi) is 7.41. The summed E-state index contributed by atoms with van der Waals surface area (Å²) in [7, 11) is -0.447. The minimum Gasteiger partial charge on any atom is -0.493 e. The molecule has 1 aromatic carbocycles. The molecule has 0 radical (unpaired) electrons. The Hall–Kier alpha value is -2.13. The average Bonchev–Trinajstić information content (AvgIpc) is 2.65. The second-order valence-corrected chi connectivity index (χ2v) is 5.86. The molecule has 2 atom stereocenters. The van der Waals surface area contributed by atoms with Crippen molar-refractivity contribution in [3.05, 3.63) is 42.2 Å². The number of benzene rings is 1. The number of aliphatic hydroxyl groups is 1. The van der Waals surface area contributed by atoms with Crippen molar-refractivity contribution in [2.75, 3.05) is 13.7 Å². The maximum atomic E-state index is 9.91. The van der Waals surface area contributed by atoms with E-state index in [2.05, 4.69) is 9.64 Å². The van der Waals surface area contributed by atoms with Gasteiger partial charge in [-0.2, -0.15) is 0 Å². The van der Waals surface area contributed by atoms with E-state index in [1.54, 1.807) is 26.4 Å². The van der Waals surface area contributed by atoms with Gasteiger partial charge in [-0.3, -0.25) is 4.98 Å².